The van der Waals surface area contributed by atoms with Crippen molar-refractivity contribution in [2.75, 3.05) is 6.54 Å². The molecule has 0 radical (unpaired) electrons. The van der Waals surface area contributed by atoms with Gasteiger partial charge in [-0.2, -0.15) is 0 Å². The number of fused-ring (bicyclic) bond motifs is 1. The molecule has 0 spiro atoms. The van der Waals surface area contributed by atoms with Gasteiger partial charge in [-0.15, -0.1) is 0 Å². The molecule has 3 aromatic rings. The fourth-order valence-electron chi connectivity index (χ4n) is 2.08. The normalized spacial score (nSPS) is 11.1. The quantitative estimate of drug-likeness (QED) is 0.769. The van der Waals surface area contributed by atoms with E-state index in [2.05, 4.69) is 9.97 Å². The smallest absolute Gasteiger partial charge is 0.171 e. The summed E-state index contributed by atoms with van der Waals surface area (Å²) in [6.07, 6.45) is 0.809. The van der Waals surface area contributed by atoms with Crippen LogP contribution in [-0.2, 0) is 6.42 Å². The molecule has 0 amide bonds. The molecule has 0 saturated carbocycles. The van der Waals surface area contributed by atoms with Crippen molar-refractivity contribution in [2.45, 2.75) is 16.5 Å². The molecule has 5 heteroatoms. The summed E-state index contributed by atoms with van der Waals surface area (Å²) in [4.78, 5) is 9.03. The Morgan fingerprint density at radius 3 is 2.85 bits per heavy atom. The van der Waals surface area contributed by atoms with Crippen LogP contribution in [-0.4, -0.2) is 16.5 Å². The lowest BCUT2D eigenvalue weighted by Crippen LogP contribution is -2.03. The zero-order valence-electron chi connectivity index (χ0n) is 10.8. The number of hydrogen-bond acceptors (Lipinski definition) is 3. The van der Waals surface area contributed by atoms with Gasteiger partial charge in [0.1, 0.15) is 0 Å². The molecule has 0 aliphatic rings. The molecule has 2 aromatic carbocycles. The van der Waals surface area contributed by atoms with Crippen molar-refractivity contribution in [1.29, 1.82) is 0 Å². The number of nitrogens with zero attached hydrogens (tertiary/aromatic N) is 1. The first-order valence-corrected chi connectivity index (χ1v) is 7.57. The number of para-hydroxylation sites is 2. The minimum absolute atomic E-state index is 0.605. The number of H-pyrrole nitrogens is 1. The number of halogens is 1. The summed E-state index contributed by atoms with van der Waals surface area (Å²) >= 11 is 7.65. The second kappa shape index (κ2) is 5.87. The Labute approximate surface area is 126 Å². The predicted molar refractivity (Wildman–Crippen MR) is 84.4 cm³/mol. The van der Waals surface area contributed by atoms with Crippen LogP contribution < -0.4 is 5.73 Å². The Morgan fingerprint density at radius 2 is 2.05 bits per heavy atom. The largest absolute Gasteiger partial charge is 0.333 e. The van der Waals surface area contributed by atoms with Gasteiger partial charge in [0.05, 0.1) is 11.0 Å². The van der Waals surface area contributed by atoms with Gasteiger partial charge in [0.15, 0.2) is 5.16 Å². The van der Waals surface area contributed by atoms with Crippen LogP contribution in [0.5, 0.6) is 0 Å². The van der Waals surface area contributed by atoms with Crippen LogP contribution in [0.2, 0.25) is 5.02 Å². The topological polar surface area (TPSA) is 54.7 Å². The molecule has 0 unspecified atom stereocenters. The number of nitrogens with two attached hydrogens (primary N) is 1. The van der Waals surface area contributed by atoms with Gasteiger partial charge < -0.3 is 10.7 Å². The van der Waals surface area contributed by atoms with Gasteiger partial charge in [0, 0.05) is 9.92 Å². The summed E-state index contributed by atoms with van der Waals surface area (Å²) in [6.45, 7) is 0.605. The van der Waals surface area contributed by atoms with Crippen molar-refractivity contribution in [3.8, 4) is 0 Å². The average Bonchev–Trinajstić information content (AvgIpc) is 2.84. The number of aromatic amines is 1. The van der Waals surface area contributed by atoms with Gasteiger partial charge in [-0.05, 0) is 48.9 Å². The second-order valence-electron chi connectivity index (χ2n) is 4.45. The number of hydrogen-bond donors (Lipinski definition) is 2. The van der Waals surface area contributed by atoms with Crippen molar-refractivity contribution in [3.63, 3.8) is 0 Å². The number of benzene rings is 2. The Kier molecular flexibility index (Phi) is 3.96. The molecule has 1 heterocycles. The second-order valence-corrected chi connectivity index (χ2v) is 5.92. The summed E-state index contributed by atoms with van der Waals surface area (Å²) in [7, 11) is 0. The first-order chi connectivity index (χ1) is 9.76. The third-order valence-electron chi connectivity index (χ3n) is 3.01. The van der Waals surface area contributed by atoms with E-state index in [1.165, 1.54) is 0 Å². The monoisotopic (exact) mass is 303 g/mol. The molecule has 3 N–H and O–H groups in total. The molecule has 20 heavy (non-hydrogen) atoms. The Hall–Kier alpha value is -1.49. The molecule has 102 valence electrons. The molecular weight excluding hydrogens is 290 g/mol. The lowest BCUT2D eigenvalue weighted by molar-refractivity contribution is 0.942. The first kappa shape index (κ1) is 13.5. The molecule has 1 aromatic heterocycles. The lowest BCUT2D eigenvalue weighted by atomic mass is 10.1. The molecule has 0 bridgehead atoms. The Morgan fingerprint density at radius 1 is 1.20 bits per heavy atom. The van der Waals surface area contributed by atoms with Crippen LogP contribution in [0.4, 0.5) is 0 Å². The third-order valence-corrected chi connectivity index (χ3v) is 4.25. The number of imidazole rings is 1. The van der Waals surface area contributed by atoms with Crippen molar-refractivity contribution >= 4 is 34.4 Å². The van der Waals surface area contributed by atoms with Crippen molar-refractivity contribution in [2.24, 2.45) is 5.73 Å². The summed E-state index contributed by atoms with van der Waals surface area (Å²) in [5, 5.41) is 1.62. The molecule has 0 atom stereocenters. The van der Waals surface area contributed by atoms with Crippen LogP contribution in [0.25, 0.3) is 11.0 Å². The summed E-state index contributed by atoms with van der Waals surface area (Å²) < 4.78 is 0. The van der Waals surface area contributed by atoms with Gasteiger partial charge in [-0.1, -0.05) is 35.5 Å². The van der Waals surface area contributed by atoms with Crippen molar-refractivity contribution in [1.82, 2.24) is 9.97 Å². The van der Waals surface area contributed by atoms with E-state index in [1.54, 1.807) is 11.8 Å². The van der Waals surface area contributed by atoms with Crippen LogP contribution in [0.15, 0.2) is 52.5 Å². The molecular formula is C15H14ClN3S. The highest BCUT2D eigenvalue weighted by molar-refractivity contribution is 7.99. The van der Waals surface area contributed by atoms with Gasteiger partial charge in [-0.25, -0.2) is 4.98 Å². The van der Waals surface area contributed by atoms with E-state index >= 15 is 0 Å². The van der Waals surface area contributed by atoms with Crippen LogP contribution in [0, 0.1) is 0 Å². The highest BCUT2D eigenvalue weighted by atomic mass is 35.5. The zero-order valence-corrected chi connectivity index (χ0v) is 12.3. The maximum atomic E-state index is 6.05. The van der Waals surface area contributed by atoms with E-state index < -0.39 is 0 Å². The number of nitrogens with one attached hydrogen (secondary N) is 1. The highest BCUT2D eigenvalue weighted by Crippen LogP contribution is 2.31. The van der Waals surface area contributed by atoms with Crippen LogP contribution in [0.1, 0.15) is 5.56 Å². The molecule has 3 rings (SSSR count). The predicted octanol–water partition coefficient (Wildman–Crippen LogP) is 3.87. The van der Waals surface area contributed by atoms with E-state index in [1.807, 2.05) is 42.5 Å². The van der Waals surface area contributed by atoms with Gasteiger partial charge in [0.2, 0.25) is 0 Å². The van der Waals surface area contributed by atoms with E-state index in [9.17, 15) is 0 Å². The molecule has 0 fully saturated rings. The highest BCUT2D eigenvalue weighted by Gasteiger charge is 2.08. The van der Waals surface area contributed by atoms with Gasteiger partial charge in [-0.3, -0.25) is 0 Å². The number of aromatic nitrogens is 2. The van der Waals surface area contributed by atoms with Crippen LogP contribution >= 0.6 is 23.4 Å². The summed E-state index contributed by atoms with van der Waals surface area (Å²) in [5.41, 5.74) is 8.84. The van der Waals surface area contributed by atoms with E-state index in [4.69, 9.17) is 17.3 Å². The maximum absolute atomic E-state index is 6.05. The molecule has 0 aliphatic carbocycles. The van der Waals surface area contributed by atoms with Gasteiger partial charge >= 0.3 is 0 Å². The Balaban J connectivity index is 1.93. The minimum atomic E-state index is 0.605. The van der Waals surface area contributed by atoms with Crippen LogP contribution in [0.3, 0.4) is 0 Å². The van der Waals surface area contributed by atoms with Gasteiger partial charge in [0.25, 0.3) is 0 Å². The van der Waals surface area contributed by atoms with E-state index in [0.29, 0.717) is 6.54 Å². The SMILES string of the molecule is NCCc1cc(Cl)ccc1Sc1nc2ccccc2[nH]1. The molecule has 3 nitrogen and oxygen atoms in total. The Bertz CT molecular complexity index is 706. The molecule has 0 saturated heterocycles. The number of rotatable bonds is 4. The molecule has 0 aliphatic heterocycles. The fraction of sp³-hybridized carbons (Fsp3) is 0.133. The third kappa shape index (κ3) is 2.82. The zero-order chi connectivity index (χ0) is 13.9. The van der Waals surface area contributed by atoms with Crippen molar-refractivity contribution < 1.29 is 0 Å². The van der Waals surface area contributed by atoms with E-state index in [0.717, 1.165) is 38.1 Å². The first-order valence-electron chi connectivity index (χ1n) is 6.37. The lowest BCUT2D eigenvalue weighted by Gasteiger charge is -2.07. The van der Waals surface area contributed by atoms with Crippen molar-refractivity contribution in [3.05, 3.63) is 53.1 Å². The minimum Gasteiger partial charge on any atom is -0.333 e. The van der Waals surface area contributed by atoms with E-state index in [-0.39, 0.29) is 0 Å². The summed E-state index contributed by atoms with van der Waals surface area (Å²) in [5.74, 6) is 0. The summed E-state index contributed by atoms with van der Waals surface area (Å²) in [6, 6.07) is 13.9. The standard InChI is InChI=1S/C15H14ClN3S/c16-11-5-6-14(10(9-11)7-8-17)20-15-18-12-3-1-2-4-13(12)19-15/h1-6,9H,7-8,17H2,(H,18,19). The fourth-order valence-corrected chi connectivity index (χ4v) is 3.22. The average molecular weight is 304 g/mol. The maximum Gasteiger partial charge on any atom is 0.171 e.